The molecule has 0 unspecified atom stereocenters. The summed E-state index contributed by atoms with van der Waals surface area (Å²) in [6.07, 6.45) is 4.13. The number of rotatable bonds is 2. The summed E-state index contributed by atoms with van der Waals surface area (Å²) < 4.78 is 6.46. The van der Waals surface area contributed by atoms with Gasteiger partial charge in [-0.3, -0.25) is 0 Å². The number of carbonyl (C=O) groups excluding carboxylic acids is 1. The van der Waals surface area contributed by atoms with Crippen molar-refractivity contribution in [2.24, 2.45) is 0 Å². The van der Waals surface area contributed by atoms with Crippen molar-refractivity contribution < 1.29 is 9.53 Å². The number of esters is 1. The predicted octanol–water partition coefficient (Wildman–Crippen LogP) is 2.11. The number of aromatic nitrogens is 2. The van der Waals surface area contributed by atoms with E-state index < -0.39 is 0 Å². The lowest BCUT2D eigenvalue weighted by Gasteiger charge is -2.20. The minimum Gasteiger partial charge on any atom is -0.465 e. The number of pyridine rings is 1. The second-order valence-corrected chi connectivity index (χ2v) is 4.97. The highest BCUT2D eigenvalue weighted by atomic mass is 16.5. The van der Waals surface area contributed by atoms with Crippen LogP contribution >= 0.6 is 0 Å². The molecule has 0 radical (unpaired) electrons. The first-order valence-electron chi connectivity index (χ1n) is 6.53. The number of carbonyl (C=O) groups is 1. The average molecular weight is 259 g/mol. The summed E-state index contributed by atoms with van der Waals surface area (Å²) in [5.74, 6) is 0.639. The molecular weight excluding hydrogens is 242 g/mol. The Hall–Kier alpha value is -2.04. The fourth-order valence-corrected chi connectivity index (χ4v) is 2.63. The van der Waals surface area contributed by atoms with Crippen LogP contribution < -0.4 is 4.90 Å². The zero-order valence-corrected chi connectivity index (χ0v) is 11.2. The summed E-state index contributed by atoms with van der Waals surface area (Å²) in [7, 11) is 1.38. The third-order valence-electron chi connectivity index (χ3n) is 3.72. The number of hydrogen-bond donors (Lipinski definition) is 0. The average Bonchev–Trinajstić information content (AvgIpc) is 3.02. The van der Waals surface area contributed by atoms with Gasteiger partial charge in [0.15, 0.2) is 5.82 Å². The Morgan fingerprint density at radius 1 is 1.47 bits per heavy atom. The molecule has 0 aliphatic carbocycles. The molecule has 0 aromatic carbocycles. The van der Waals surface area contributed by atoms with E-state index in [1.165, 1.54) is 20.0 Å². The number of nitrogens with zero attached hydrogens (tertiary/aromatic N) is 3. The van der Waals surface area contributed by atoms with Gasteiger partial charge >= 0.3 is 5.97 Å². The second kappa shape index (κ2) is 4.57. The summed E-state index contributed by atoms with van der Waals surface area (Å²) >= 11 is 0. The third-order valence-corrected chi connectivity index (χ3v) is 3.72. The van der Waals surface area contributed by atoms with Crippen LogP contribution in [-0.4, -0.2) is 35.3 Å². The van der Waals surface area contributed by atoms with Crippen LogP contribution in [0.4, 0.5) is 5.82 Å². The lowest BCUT2D eigenvalue weighted by atomic mass is 10.2. The van der Waals surface area contributed by atoms with Crippen LogP contribution in [0.5, 0.6) is 0 Å². The van der Waals surface area contributed by atoms with E-state index in [1.54, 1.807) is 16.8 Å². The largest absolute Gasteiger partial charge is 0.465 e. The van der Waals surface area contributed by atoms with Crippen molar-refractivity contribution in [3.8, 4) is 0 Å². The highest BCUT2D eigenvalue weighted by molar-refractivity contribution is 5.89. The van der Waals surface area contributed by atoms with Gasteiger partial charge in [-0.25, -0.2) is 9.31 Å². The van der Waals surface area contributed by atoms with Gasteiger partial charge in [-0.2, -0.15) is 5.10 Å². The molecule has 1 fully saturated rings. The van der Waals surface area contributed by atoms with Crippen molar-refractivity contribution in [1.82, 2.24) is 9.61 Å². The fourth-order valence-electron chi connectivity index (χ4n) is 2.63. The molecule has 3 rings (SSSR count). The lowest BCUT2D eigenvalue weighted by molar-refractivity contribution is 0.0600. The van der Waals surface area contributed by atoms with Crippen LogP contribution in [0, 0.1) is 0 Å². The van der Waals surface area contributed by atoms with Crippen LogP contribution in [0.3, 0.4) is 0 Å². The Morgan fingerprint density at radius 3 is 3.00 bits per heavy atom. The van der Waals surface area contributed by atoms with Crippen molar-refractivity contribution in [3.05, 3.63) is 30.0 Å². The number of hydrogen-bond acceptors (Lipinski definition) is 4. The monoisotopic (exact) mass is 259 g/mol. The van der Waals surface area contributed by atoms with Gasteiger partial charge in [0.1, 0.15) is 0 Å². The first-order chi connectivity index (χ1) is 9.19. The summed E-state index contributed by atoms with van der Waals surface area (Å²) in [5.41, 5.74) is 1.50. The topological polar surface area (TPSA) is 46.8 Å². The Labute approximate surface area is 111 Å². The first-order valence-corrected chi connectivity index (χ1v) is 6.53. The fraction of sp³-hybridized carbons (Fsp3) is 0.429. The quantitative estimate of drug-likeness (QED) is 0.775. The molecular formula is C14H17N3O2. The Balaban J connectivity index is 1.98. The van der Waals surface area contributed by atoms with Gasteiger partial charge in [0.05, 0.1) is 18.2 Å². The molecule has 2 aromatic heterocycles. The lowest BCUT2D eigenvalue weighted by Crippen LogP contribution is -2.26. The van der Waals surface area contributed by atoms with Gasteiger partial charge in [0.2, 0.25) is 0 Å². The van der Waals surface area contributed by atoms with Crippen LogP contribution in [0.25, 0.3) is 5.52 Å². The highest BCUT2D eigenvalue weighted by Gasteiger charge is 2.22. The maximum Gasteiger partial charge on any atom is 0.339 e. The summed E-state index contributed by atoms with van der Waals surface area (Å²) in [4.78, 5) is 13.8. The van der Waals surface area contributed by atoms with E-state index in [1.807, 2.05) is 6.07 Å². The summed E-state index contributed by atoms with van der Waals surface area (Å²) in [6, 6.07) is 6.25. The standard InChI is InChI=1S/C14H17N3O2/c1-10-4-3-7-16(10)13-8-12-6-5-11(14(18)19-2)9-17(12)15-13/h5-6,8-10H,3-4,7H2,1-2H3/t10-/m0/s1. The van der Waals surface area contributed by atoms with Gasteiger partial charge in [-0.15, -0.1) is 0 Å². The molecule has 0 spiro atoms. The molecule has 1 saturated heterocycles. The molecule has 1 aliphatic rings. The van der Waals surface area contributed by atoms with Gasteiger partial charge in [0, 0.05) is 24.8 Å². The zero-order chi connectivity index (χ0) is 13.4. The molecule has 0 N–H and O–H groups in total. The number of anilines is 1. The summed E-state index contributed by atoms with van der Waals surface area (Å²) in [5, 5.41) is 4.56. The molecule has 5 heteroatoms. The van der Waals surface area contributed by atoms with E-state index in [-0.39, 0.29) is 5.97 Å². The molecule has 5 nitrogen and oxygen atoms in total. The molecule has 2 aromatic rings. The smallest absolute Gasteiger partial charge is 0.339 e. The minimum absolute atomic E-state index is 0.339. The van der Waals surface area contributed by atoms with Crippen LogP contribution in [0.15, 0.2) is 24.4 Å². The number of fused-ring (bicyclic) bond motifs is 1. The number of methoxy groups -OCH3 is 1. The summed E-state index contributed by atoms with van der Waals surface area (Å²) in [6.45, 7) is 3.27. The van der Waals surface area contributed by atoms with Gasteiger partial charge in [-0.1, -0.05) is 0 Å². The van der Waals surface area contributed by atoms with E-state index in [0.29, 0.717) is 11.6 Å². The van der Waals surface area contributed by atoms with Crippen molar-refractivity contribution in [2.75, 3.05) is 18.6 Å². The molecule has 0 amide bonds. The second-order valence-electron chi connectivity index (χ2n) is 4.97. The SMILES string of the molecule is COC(=O)c1ccc2cc(N3CCC[C@@H]3C)nn2c1. The van der Waals surface area contributed by atoms with Crippen LogP contribution in [-0.2, 0) is 4.74 Å². The third kappa shape index (κ3) is 2.05. The number of ether oxygens (including phenoxy) is 1. The van der Waals surface area contributed by atoms with E-state index in [0.717, 1.165) is 17.9 Å². The molecule has 0 bridgehead atoms. The van der Waals surface area contributed by atoms with Crippen molar-refractivity contribution in [2.45, 2.75) is 25.8 Å². The van der Waals surface area contributed by atoms with Crippen molar-refractivity contribution in [3.63, 3.8) is 0 Å². The zero-order valence-electron chi connectivity index (χ0n) is 11.2. The van der Waals surface area contributed by atoms with Gasteiger partial charge in [-0.05, 0) is 31.9 Å². The normalized spacial score (nSPS) is 19.1. The highest BCUT2D eigenvalue weighted by Crippen LogP contribution is 2.25. The van der Waals surface area contributed by atoms with Crippen molar-refractivity contribution >= 4 is 17.3 Å². The van der Waals surface area contributed by atoms with Crippen LogP contribution in [0.2, 0.25) is 0 Å². The maximum absolute atomic E-state index is 11.5. The Morgan fingerprint density at radius 2 is 2.32 bits per heavy atom. The Kier molecular flexibility index (Phi) is 2.89. The maximum atomic E-state index is 11.5. The van der Waals surface area contributed by atoms with Crippen molar-refractivity contribution in [1.29, 1.82) is 0 Å². The molecule has 1 atom stereocenters. The van der Waals surface area contributed by atoms with E-state index in [2.05, 4.69) is 23.0 Å². The molecule has 1 aliphatic heterocycles. The molecule has 3 heterocycles. The van der Waals surface area contributed by atoms with E-state index in [4.69, 9.17) is 4.74 Å². The molecule has 19 heavy (non-hydrogen) atoms. The van der Waals surface area contributed by atoms with Gasteiger partial charge in [0.25, 0.3) is 0 Å². The molecule has 100 valence electrons. The van der Waals surface area contributed by atoms with E-state index in [9.17, 15) is 4.79 Å². The van der Waals surface area contributed by atoms with Gasteiger partial charge < -0.3 is 9.64 Å². The minimum atomic E-state index is -0.339. The predicted molar refractivity (Wildman–Crippen MR) is 72.6 cm³/mol. The molecule has 0 saturated carbocycles. The Bertz CT molecular complexity index is 620. The van der Waals surface area contributed by atoms with E-state index >= 15 is 0 Å². The van der Waals surface area contributed by atoms with Crippen LogP contribution in [0.1, 0.15) is 30.1 Å². The first kappa shape index (κ1) is 12.0.